The number of nitrogens with zero attached hydrogens (tertiary/aromatic N) is 1. The number of rotatable bonds is 7. The topological polar surface area (TPSA) is 98.5 Å². The van der Waals surface area contributed by atoms with Crippen molar-refractivity contribution in [3.05, 3.63) is 75.6 Å². The molecule has 2 rings (SSSR count). The van der Waals surface area contributed by atoms with Crippen molar-refractivity contribution in [3.8, 4) is 0 Å². The Kier molecular flexibility index (Phi) is 6.37. The Morgan fingerprint density at radius 3 is 2.31 bits per heavy atom. The highest BCUT2D eigenvalue weighted by Crippen LogP contribution is 2.19. The van der Waals surface area contributed by atoms with Crippen LogP contribution in [0.25, 0.3) is 0 Å². The van der Waals surface area contributed by atoms with E-state index in [0.29, 0.717) is 11.1 Å². The average Bonchev–Trinajstić information content (AvgIpc) is 2.62. The van der Waals surface area contributed by atoms with E-state index in [1.165, 1.54) is 55.6 Å². The summed E-state index contributed by atoms with van der Waals surface area (Å²) in [4.78, 5) is 34.0. The summed E-state index contributed by atoms with van der Waals surface area (Å²) in [5.41, 5.74) is 1.09. The molecule has 0 spiro atoms. The van der Waals surface area contributed by atoms with E-state index in [9.17, 15) is 24.1 Å². The van der Waals surface area contributed by atoms with Gasteiger partial charge in [-0.1, -0.05) is 24.3 Å². The van der Waals surface area contributed by atoms with E-state index in [1.807, 2.05) is 0 Å². The fourth-order valence-corrected chi connectivity index (χ4v) is 2.36. The molecule has 0 bridgehead atoms. The first-order valence-electron chi connectivity index (χ1n) is 7.74. The van der Waals surface area contributed by atoms with Crippen LogP contribution in [0.3, 0.4) is 0 Å². The van der Waals surface area contributed by atoms with Gasteiger partial charge in [0.25, 0.3) is 5.69 Å². The van der Waals surface area contributed by atoms with Gasteiger partial charge in [0.05, 0.1) is 30.9 Å². The molecule has 0 aliphatic heterocycles. The molecule has 1 atom stereocenters. The molecule has 0 saturated carbocycles. The highest BCUT2D eigenvalue weighted by molar-refractivity contribution is 5.80. The van der Waals surface area contributed by atoms with Gasteiger partial charge in [-0.3, -0.25) is 19.7 Å². The lowest BCUT2D eigenvalue weighted by molar-refractivity contribution is -0.384. The van der Waals surface area contributed by atoms with Crippen LogP contribution in [0.1, 0.15) is 23.6 Å². The van der Waals surface area contributed by atoms with E-state index in [0.717, 1.165) is 0 Å². The number of nitro groups is 1. The second kappa shape index (κ2) is 8.70. The second-order valence-corrected chi connectivity index (χ2v) is 5.55. The minimum atomic E-state index is -0.673. The molecule has 0 saturated heterocycles. The number of non-ortho nitro benzene ring substituents is 1. The number of carbonyl (C=O) groups is 2. The smallest absolute Gasteiger partial charge is 0.307 e. The lowest BCUT2D eigenvalue weighted by atomic mass is 10.0. The maximum atomic E-state index is 13.1. The van der Waals surface area contributed by atoms with Crippen LogP contribution in [-0.2, 0) is 20.7 Å². The Bertz CT molecular complexity index is 790. The van der Waals surface area contributed by atoms with Crippen LogP contribution in [-0.4, -0.2) is 23.9 Å². The predicted molar refractivity (Wildman–Crippen MR) is 90.7 cm³/mol. The lowest BCUT2D eigenvalue weighted by Gasteiger charge is -2.18. The van der Waals surface area contributed by atoms with Crippen LogP contribution in [0.2, 0.25) is 0 Å². The van der Waals surface area contributed by atoms with Crippen molar-refractivity contribution in [2.45, 2.75) is 18.9 Å². The van der Waals surface area contributed by atoms with Gasteiger partial charge in [0.2, 0.25) is 5.91 Å². The van der Waals surface area contributed by atoms with E-state index in [1.54, 1.807) is 0 Å². The Hall–Kier alpha value is -3.29. The Balaban J connectivity index is 2.08. The summed E-state index contributed by atoms with van der Waals surface area (Å²) >= 11 is 0. The molecule has 8 heteroatoms. The highest BCUT2D eigenvalue weighted by Gasteiger charge is 2.19. The lowest BCUT2D eigenvalue weighted by Crippen LogP contribution is -2.31. The summed E-state index contributed by atoms with van der Waals surface area (Å²) in [6.07, 6.45) is -0.120. The fraction of sp³-hybridized carbons (Fsp3) is 0.222. The van der Waals surface area contributed by atoms with Crippen molar-refractivity contribution in [2.24, 2.45) is 0 Å². The normalized spacial score (nSPS) is 11.5. The van der Waals surface area contributed by atoms with Crippen LogP contribution in [0.5, 0.6) is 0 Å². The van der Waals surface area contributed by atoms with Gasteiger partial charge in [-0.2, -0.15) is 0 Å². The first kappa shape index (κ1) is 19.0. The Morgan fingerprint density at radius 2 is 1.77 bits per heavy atom. The van der Waals surface area contributed by atoms with Gasteiger partial charge in [-0.25, -0.2) is 4.39 Å². The van der Waals surface area contributed by atoms with Gasteiger partial charge < -0.3 is 10.1 Å². The molecule has 7 nitrogen and oxygen atoms in total. The van der Waals surface area contributed by atoms with E-state index < -0.39 is 22.8 Å². The number of halogens is 1. The van der Waals surface area contributed by atoms with Crippen LogP contribution in [0.15, 0.2) is 48.5 Å². The molecular weight excluding hydrogens is 343 g/mol. The second-order valence-electron chi connectivity index (χ2n) is 5.55. The van der Waals surface area contributed by atoms with Crippen molar-refractivity contribution in [1.82, 2.24) is 5.32 Å². The van der Waals surface area contributed by atoms with Gasteiger partial charge in [-0.05, 0) is 23.3 Å². The van der Waals surface area contributed by atoms with Gasteiger partial charge in [0.15, 0.2) is 0 Å². The Morgan fingerprint density at radius 1 is 1.15 bits per heavy atom. The first-order chi connectivity index (χ1) is 12.4. The van der Waals surface area contributed by atoms with Crippen molar-refractivity contribution in [3.63, 3.8) is 0 Å². The van der Waals surface area contributed by atoms with Crippen LogP contribution in [0, 0.1) is 15.9 Å². The molecule has 26 heavy (non-hydrogen) atoms. The van der Waals surface area contributed by atoms with Crippen molar-refractivity contribution >= 4 is 17.6 Å². The molecule has 2 aromatic rings. The molecule has 0 aliphatic rings. The largest absolute Gasteiger partial charge is 0.469 e. The van der Waals surface area contributed by atoms with Gasteiger partial charge in [-0.15, -0.1) is 0 Å². The van der Waals surface area contributed by atoms with Gasteiger partial charge in [0, 0.05) is 12.1 Å². The third kappa shape index (κ3) is 5.37. The SMILES string of the molecule is COC(=O)CC(NC(=O)Cc1ccc([N+](=O)[O-])cc1)c1ccc(F)cc1. The van der Waals surface area contributed by atoms with E-state index >= 15 is 0 Å². The monoisotopic (exact) mass is 360 g/mol. The number of benzene rings is 2. The number of amides is 1. The summed E-state index contributed by atoms with van der Waals surface area (Å²) in [7, 11) is 1.24. The molecule has 0 heterocycles. The Labute approximate surface area is 148 Å². The van der Waals surface area contributed by atoms with Crippen molar-refractivity contribution in [2.75, 3.05) is 7.11 Å². The minimum Gasteiger partial charge on any atom is -0.469 e. The van der Waals surface area contributed by atoms with E-state index in [4.69, 9.17) is 0 Å². The number of nitro benzene ring substituents is 1. The fourth-order valence-electron chi connectivity index (χ4n) is 2.36. The molecular formula is C18H17FN2O5. The average molecular weight is 360 g/mol. The van der Waals surface area contributed by atoms with E-state index in [2.05, 4.69) is 10.1 Å². The summed E-state index contributed by atoms with van der Waals surface area (Å²) in [5, 5.41) is 13.4. The molecule has 0 fully saturated rings. The minimum absolute atomic E-state index is 0.0170. The molecule has 0 radical (unpaired) electrons. The van der Waals surface area contributed by atoms with Crippen LogP contribution < -0.4 is 5.32 Å². The molecule has 2 aromatic carbocycles. The number of hydrogen-bond donors (Lipinski definition) is 1. The number of ether oxygens (including phenoxy) is 1. The van der Waals surface area contributed by atoms with Crippen molar-refractivity contribution in [1.29, 1.82) is 0 Å². The number of nitrogens with one attached hydrogen (secondary N) is 1. The number of hydrogen-bond acceptors (Lipinski definition) is 5. The summed E-state index contributed by atoms with van der Waals surface area (Å²) in [6.45, 7) is 0. The summed E-state index contributed by atoms with van der Waals surface area (Å²) in [5.74, 6) is -1.32. The molecule has 0 aliphatic carbocycles. The molecule has 0 aromatic heterocycles. The third-order valence-electron chi connectivity index (χ3n) is 3.72. The molecule has 1 N–H and O–H groups in total. The zero-order valence-electron chi connectivity index (χ0n) is 14.0. The quantitative estimate of drug-likeness (QED) is 0.465. The molecule has 1 unspecified atom stereocenters. The zero-order chi connectivity index (χ0) is 19.1. The predicted octanol–water partition coefficient (Wildman–Crippen LogP) is 2.70. The zero-order valence-corrected chi connectivity index (χ0v) is 14.0. The maximum absolute atomic E-state index is 13.1. The van der Waals surface area contributed by atoms with Gasteiger partial charge in [0.1, 0.15) is 5.82 Å². The number of methoxy groups -OCH3 is 1. The molecule has 1 amide bonds. The third-order valence-corrected chi connectivity index (χ3v) is 3.72. The van der Waals surface area contributed by atoms with Crippen molar-refractivity contribution < 1.29 is 23.6 Å². The molecule has 136 valence electrons. The number of carbonyl (C=O) groups excluding carboxylic acids is 2. The number of esters is 1. The van der Waals surface area contributed by atoms with Gasteiger partial charge >= 0.3 is 5.97 Å². The summed E-state index contributed by atoms with van der Waals surface area (Å²) < 4.78 is 17.7. The van der Waals surface area contributed by atoms with E-state index in [-0.39, 0.29) is 24.4 Å². The van der Waals surface area contributed by atoms with Crippen LogP contribution in [0.4, 0.5) is 10.1 Å². The highest BCUT2D eigenvalue weighted by atomic mass is 19.1. The maximum Gasteiger partial charge on any atom is 0.307 e. The first-order valence-corrected chi connectivity index (χ1v) is 7.74. The standard InChI is InChI=1S/C18H17FN2O5/c1-26-18(23)11-16(13-4-6-14(19)7-5-13)20-17(22)10-12-2-8-15(9-3-12)21(24)25/h2-9,16H,10-11H2,1H3,(H,20,22). The van der Waals surface area contributed by atoms with Crippen LogP contribution >= 0.6 is 0 Å². The summed E-state index contributed by atoms with van der Waals surface area (Å²) in [6, 6.07) is 10.4.